The van der Waals surface area contributed by atoms with Gasteiger partial charge in [0.25, 0.3) is 5.91 Å². The van der Waals surface area contributed by atoms with Crippen molar-refractivity contribution in [1.82, 2.24) is 0 Å². The van der Waals surface area contributed by atoms with E-state index in [1.165, 1.54) is 12.3 Å². The van der Waals surface area contributed by atoms with E-state index in [0.29, 0.717) is 21.7 Å². The van der Waals surface area contributed by atoms with Gasteiger partial charge in [0.2, 0.25) is 0 Å². The molecule has 2 aromatic carbocycles. The van der Waals surface area contributed by atoms with E-state index in [4.69, 9.17) is 5.26 Å². The zero-order valence-electron chi connectivity index (χ0n) is 10.8. The van der Waals surface area contributed by atoms with Crippen LogP contribution in [0.4, 0.5) is 5.69 Å². The molecule has 2 rings (SSSR count). The second-order valence-electron chi connectivity index (χ2n) is 4.10. The molecule has 0 aliphatic heterocycles. The smallest absolute Gasteiger partial charge is 0.255 e. The lowest BCUT2D eigenvalue weighted by atomic mass is 10.2. The third-order valence-electron chi connectivity index (χ3n) is 2.70. The van der Waals surface area contributed by atoms with Crippen LogP contribution in [0.15, 0.2) is 53.4 Å². The van der Waals surface area contributed by atoms with Crippen molar-refractivity contribution in [2.45, 2.75) is 4.90 Å². The summed E-state index contributed by atoms with van der Waals surface area (Å²) in [6.07, 6.45) is 1.51. The van der Waals surface area contributed by atoms with Gasteiger partial charge in [0.05, 0.1) is 21.3 Å². The zero-order chi connectivity index (χ0) is 14.5. The summed E-state index contributed by atoms with van der Waals surface area (Å²) in [5, 5.41) is 11.8. The largest absolute Gasteiger partial charge is 0.322 e. The predicted octanol–water partition coefficient (Wildman–Crippen LogP) is 2.55. The molecule has 0 aliphatic carbocycles. The van der Waals surface area contributed by atoms with Gasteiger partial charge in [0.15, 0.2) is 0 Å². The van der Waals surface area contributed by atoms with Gasteiger partial charge in [-0.1, -0.05) is 18.2 Å². The molecular formula is C15H12N2O2S. The fraction of sp³-hybridized carbons (Fsp3) is 0.0667. The molecule has 0 spiro atoms. The van der Waals surface area contributed by atoms with Crippen molar-refractivity contribution < 1.29 is 9.00 Å². The van der Waals surface area contributed by atoms with Gasteiger partial charge in [-0.3, -0.25) is 9.00 Å². The highest BCUT2D eigenvalue weighted by atomic mass is 32.2. The van der Waals surface area contributed by atoms with Crippen LogP contribution in [0.1, 0.15) is 15.9 Å². The number of rotatable bonds is 3. The first-order valence-electron chi connectivity index (χ1n) is 5.86. The summed E-state index contributed by atoms with van der Waals surface area (Å²) in [4.78, 5) is 12.4. The fourth-order valence-corrected chi connectivity index (χ4v) is 2.41. The molecule has 0 heterocycles. The average molecular weight is 284 g/mol. The van der Waals surface area contributed by atoms with Crippen LogP contribution >= 0.6 is 0 Å². The van der Waals surface area contributed by atoms with E-state index < -0.39 is 10.8 Å². The highest BCUT2D eigenvalue weighted by Gasteiger charge is 2.09. The van der Waals surface area contributed by atoms with Crippen LogP contribution in [0.25, 0.3) is 0 Å². The maximum absolute atomic E-state index is 12.0. The number of benzene rings is 2. The van der Waals surface area contributed by atoms with Gasteiger partial charge in [0, 0.05) is 17.5 Å². The summed E-state index contributed by atoms with van der Waals surface area (Å²) >= 11 is 0. The quantitative estimate of drug-likeness (QED) is 0.941. The molecule has 20 heavy (non-hydrogen) atoms. The number of nitrogens with one attached hydrogen (secondary N) is 1. The van der Waals surface area contributed by atoms with Gasteiger partial charge in [-0.05, 0) is 30.3 Å². The van der Waals surface area contributed by atoms with Crippen molar-refractivity contribution in [2.24, 2.45) is 0 Å². The summed E-state index contributed by atoms with van der Waals surface area (Å²) in [7, 11) is -1.23. The first-order valence-corrected chi connectivity index (χ1v) is 7.41. The second kappa shape index (κ2) is 6.13. The van der Waals surface area contributed by atoms with Crippen LogP contribution < -0.4 is 5.32 Å². The van der Waals surface area contributed by atoms with E-state index in [1.807, 2.05) is 12.1 Å². The van der Waals surface area contributed by atoms with E-state index in [9.17, 15) is 9.00 Å². The van der Waals surface area contributed by atoms with Crippen molar-refractivity contribution in [3.63, 3.8) is 0 Å². The third-order valence-corrected chi connectivity index (χ3v) is 3.68. The van der Waals surface area contributed by atoms with Crippen molar-refractivity contribution in [2.75, 3.05) is 11.6 Å². The lowest BCUT2D eigenvalue weighted by Gasteiger charge is -2.07. The summed E-state index contributed by atoms with van der Waals surface area (Å²) < 4.78 is 11.5. The van der Waals surface area contributed by atoms with E-state index in [1.54, 1.807) is 36.4 Å². The Morgan fingerprint density at radius 1 is 1.20 bits per heavy atom. The minimum atomic E-state index is -1.23. The molecule has 0 bridgehead atoms. The Bertz CT molecular complexity index is 706. The van der Waals surface area contributed by atoms with Crippen LogP contribution in [0, 0.1) is 11.3 Å². The monoisotopic (exact) mass is 284 g/mol. The Kier molecular flexibility index (Phi) is 4.28. The van der Waals surface area contributed by atoms with Crippen molar-refractivity contribution in [3.8, 4) is 6.07 Å². The standard InChI is InChI=1S/C15H12N2O2S/c1-20(19)14-8-7-13(9-12(14)10-16)17-15(18)11-5-3-2-4-6-11/h2-9H,1H3,(H,17,18)/t20-/m1/s1. The molecule has 0 unspecified atom stereocenters. The van der Waals surface area contributed by atoms with Gasteiger partial charge in [-0.25, -0.2) is 0 Å². The first-order chi connectivity index (χ1) is 9.61. The molecule has 0 aromatic heterocycles. The van der Waals surface area contributed by atoms with Gasteiger partial charge >= 0.3 is 0 Å². The number of anilines is 1. The number of hydrogen-bond donors (Lipinski definition) is 1. The molecule has 1 amide bonds. The first kappa shape index (κ1) is 14.0. The summed E-state index contributed by atoms with van der Waals surface area (Å²) in [5.41, 5.74) is 1.34. The Morgan fingerprint density at radius 2 is 1.90 bits per heavy atom. The van der Waals surface area contributed by atoms with Crippen molar-refractivity contribution >= 4 is 22.4 Å². The Balaban J connectivity index is 2.25. The van der Waals surface area contributed by atoms with Gasteiger partial charge < -0.3 is 5.32 Å². The van der Waals surface area contributed by atoms with Crippen LogP contribution in [0.2, 0.25) is 0 Å². The van der Waals surface area contributed by atoms with E-state index in [-0.39, 0.29) is 5.91 Å². The molecule has 0 aliphatic rings. The summed E-state index contributed by atoms with van der Waals surface area (Å²) in [6, 6.07) is 15.5. The molecule has 0 radical (unpaired) electrons. The average Bonchev–Trinajstić information content (AvgIpc) is 2.47. The predicted molar refractivity (Wildman–Crippen MR) is 77.9 cm³/mol. The van der Waals surface area contributed by atoms with E-state index in [0.717, 1.165) is 0 Å². The van der Waals surface area contributed by atoms with Crippen LogP contribution in [0.3, 0.4) is 0 Å². The number of nitrogens with zero attached hydrogens (tertiary/aromatic N) is 1. The number of hydrogen-bond acceptors (Lipinski definition) is 3. The maximum Gasteiger partial charge on any atom is 0.255 e. The highest BCUT2D eigenvalue weighted by Crippen LogP contribution is 2.18. The third kappa shape index (κ3) is 3.11. The summed E-state index contributed by atoms with van der Waals surface area (Å²) in [6.45, 7) is 0. The Hall–Kier alpha value is -2.45. The number of carbonyl (C=O) groups is 1. The van der Waals surface area contributed by atoms with E-state index in [2.05, 4.69) is 5.32 Å². The molecule has 1 N–H and O–H groups in total. The topological polar surface area (TPSA) is 70.0 Å². The lowest BCUT2D eigenvalue weighted by molar-refractivity contribution is 0.102. The second-order valence-corrected chi connectivity index (χ2v) is 5.45. The normalized spacial score (nSPS) is 11.4. The van der Waals surface area contributed by atoms with Crippen LogP contribution in [-0.2, 0) is 10.8 Å². The Labute approximate surface area is 119 Å². The highest BCUT2D eigenvalue weighted by molar-refractivity contribution is 7.84. The van der Waals surface area contributed by atoms with Gasteiger partial charge in [-0.2, -0.15) is 5.26 Å². The molecule has 2 aromatic rings. The summed E-state index contributed by atoms with van der Waals surface area (Å²) in [5.74, 6) is -0.250. The maximum atomic E-state index is 12.0. The number of amides is 1. The number of carbonyl (C=O) groups excluding carboxylic acids is 1. The van der Waals surface area contributed by atoms with Gasteiger partial charge in [-0.15, -0.1) is 0 Å². The van der Waals surface area contributed by atoms with Crippen molar-refractivity contribution in [3.05, 3.63) is 59.7 Å². The molecule has 100 valence electrons. The number of nitriles is 1. The SMILES string of the molecule is C[S@@](=O)c1ccc(NC(=O)c2ccccc2)cc1C#N. The lowest BCUT2D eigenvalue weighted by Crippen LogP contribution is -2.12. The van der Waals surface area contributed by atoms with Crippen LogP contribution in [-0.4, -0.2) is 16.4 Å². The molecule has 0 saturated carbocycles. The van der Waals surface area contributed by atoms with Gasteiger partial charge in [0.1, 0.15) is 6.07 Å². The zero-order valence-corrected chi connectivity index (χ0v) is 11.6. The van der Waals surface area contributed by atoms with Crippen molar-refractivity contribution in [1.29, 1.82) is 5.26 Å². The molecule has 5 heteroatoms. The molecule has 0 fully saturated rings. The molecule has 0 saturated heterocycles. The fourth-order valence-electron chi connectivity index (χ4n) is 1.74. The molecular weight excluding hydrogens is 272 g/mol. The molecule has 4 nitrogen and oxygen atoms in total. The Morgan fingerprint density at radius 3 is 2.50 bits per heavy atom. The minimum absolute atomic E-state index is 0.250. The van der Waals surface area contributed by atoms with E-state index >= 15 is 0 Å². The van der Waals surface area contributed by atoms with Crippen LogP contribution in [0.5, 0.6) is 0 Å². The minimum Gasteiger partial charge on any atom is -0.322 e. The molecule has 1 atom stereocenters.